The second-order valence-electron chi connectivity index (χ2n) is 19.4. The molecule has 59 heavy (non-hydrogen) atoms. The molecule has 0 aliphatic heterocycles. The Balaban J connectivity index is 4.58. The minimum Gasteiger partial charge on any atom is -0.391 e. The second kappa shape index (κ2) is 50.0. The zero-order valence-corrected chi connectivity index (χ0v) is 41.1. The molecule has 0 aromatic heterocycles. The average Bonchev–Trinajstić information content (AvgIpc) is 3.24. The highest BCUT2D eigenvalue weighted by Crippen LogP contribution is 2.31. The summed E-state index contributed by atoms with van der Waals surface area (Å²) in [7, 11) is 0. The Kier molecular flexibility index (Phi) is 49.4. The summed E-state index contributed by atoms with van der Waals surface area (Å²) in [5, 5.41) is 11.2. The van der Waals surface area contributed by atoms with Crippen molar-refractivity contribution < 1.29 is 9.90 Å². The normalized spacial score (nSPS) is 13.4. The monoisotopic (exact) mass is 830 g/mol. The van der Waals surface area contributed by atoms with Crippen molar-refractivity contribution in [1.82, 2.24) is 0 Å². The van der Waals surface area contributed by atoms with Crippen molar-refractivity contribution in [3.8, 4) is 0 Å². The third-order valence-corrected chi connectivity index (χ3v) is 13.6. The minimum atomic E-state index is -0.555. The number of nitrogens with two attached hydrogens (primary N) is 1. The van der Waals surface area contributed by atoms with E-state index in [4.69, 9.17) is 5.73 Å². The molecule has 3 nitrogen and oxygen atoms in total. The quantitative estimate of drug-likeness (QED) is 0.0474. The van der Waals surface area contributed by atoms with Crippen LogP contribution in [-0.4, -0.2) is 23.5 Å². The molecule has 0 heterocycles. The van der Waals surface area contributed by atoms with E-state index in [1.54, 1.807) is 0 Å². The molecule has 0 spiro atoms. The maximum absolute atomic E-state index is 13.9. The van der Waals surface area contributed by atoms with Crippen LogP contribution in [0.15, 0.2) is 12.2 Å². The Morgan fingerprint density at radius 2 is 0.661 bits per heavy atom. The summed E-state index contributed by atoms with van der Waals surface area (Å²) in [6.45, 7) is 7.16. The van der Waals surface area contributed by atoms with Crippen LogP contribution in [-0.2, 0) is 4.79 Å². The number of hydrogen-bond donors (Lipinski definition) is 2. The zero-order chi connectivity index (χ0) is 43.0. The SMILES string of the molecule is CCCCCCCC/C=C\CCCCCCCC(=O)C(CCCCCCCCCCCCCCCC)C(CCCCCCCCCCCCCCCCCC)C(O)CN. The molecule has 3 heteroatoms. The molecule has 0 fully saturated rings. The van der Waals surface area contributed by atoms with Gasteiger partial charge in [0, 0.05) is 18.9 Å². The first-order chi connectivity index (χ1) is 29.1. The maximum atomic E-state index is 13.9. The molecule has 0 aromatic rings. The third-order valence-electron chi connectivity index (χ3n) is 13.6. The van der Waals surface area contributed by atoms with E-state index in [1.165, 1.54) is 250 Å². The van der Waals surface area contributed by atoms with Gasteiger partial charge in [0.2, 0.25) is 0 Å². The number of allylic oxidation sites excluding steroid dienone is 2. The fraction of sp³-hybridized carbons (Fsp3) is 0.946. The Bertz CT molecular complexity index is 825. The van der Waals surface area contributed by atoms with Gasteiger partial charge in [-0.05, 0) is 50.9 Å². The van der Waals surface area contributed by atoms with Gasteiger partial charge in [0.25, 0.3) is 0 Å². The van der Waals surface area contributed by atoms with Gasteiger partial charge in [-0.2, -0.15) is 0 Å². The van der Waals surface area contributed by atoms with E-state index in [1.807, 2.05) is 0 Å². The lowest BCUT2D eigenvalue weighted by molar-refractivity contribution is -0.127. The lowest BCUT2D eigenvalue weighted by Gasteiger charge is -2.30. The Hall–Kier alpha value is -0.670. The second-order valence-corrected chi connectivity index (χ2v) is 19.4. The molecular weight excluding hydrogens is 719 g/mol. The molecule has 0 aliphatic carbocycles. The number of aliphatic hydroxyl groups excluding tert-OH is 1. The molecule has 0 aliphatic rings. The number of rotatable bonds is 51. The molecule has 0 saturated carbocycles. The van der Waals surface area contributed by atoms with Crippen molar-refractivity contribution in [2.75, 3.05) is 6.54 Å². The number of unbranched alkanes of at least 4 members (excludes halogenated alkanes) is 39. The van der Waals surface area contributed by atoms with Crippen molar-refractivity contribution in [1.29, 1.82) is 0 Å². The molecule has 3 atom stereocenters. The van der Waals surface area contributed by atoms with Crippen LogP contribution in [0.3, 0.4) is 0 Å². The summed E-state index contributed by atoms with van der Waals surface area (Å²) in [5.74, 6) is 0.439. The van der Waals surface area contributed by atoms with E-state index in [0.29, 0.717) is 12.2 Å². The van der Waals surface area contributed by atoms with Crippen molar-refractivity contribution in [3.05, 3.63) is 12.2 Å². The van der Waals surface area contributed by atoms with Gasteiger partial charge >= 0.3 is 0 Å². The molecule has 0 bridgehead atoms. The van der Waals surface area contributed by atoms with Gasteiger partial charge in [0.15, 0.2) is 0 Å². The topological polar surface area (TPSA) is 63.3 Å². The Labute approximate surface area is 372 Å². The lowest BCUT2D eigenvalue weighted by atomic mass is 9.77. The van der Waals surface area contributed by atoms with Crippen molar-refractivity contribution in [3.63, 3.8) is 0 Å². The van der Waals surface area contributed by atoms with Gasteiger partial charge in [-0.3, -0.25) is 4.79 Å². The van der Waals surface area contributed by atoms with Crippen molar-refractivity contribution >= 4 is 5.78 Å². The van der Waals surface area contributed by atoms with E-state index in [-0.39, 0.29) is 18.4 Å². The zero-order valence-electron chi connectivity index (χ0n) is 41.1. The number of hydrogen-bond acceptors (Lipinski definition) is 3. The van der Waals surface area contributed by atoms with E-state index in [0.717, 1.165) is 38.5 Å². The largest absolute Gasteiger partial charge is 0.391 e. The summed E-state index contributed by atoms with van der Waals surface area (Å²) in [6, 6.07) is 0. The standard InChI is InChI=1S/C56H111NO2/c1-4-7-10-13-16-19-22-25-28-30-32-35-38-41-44-47-50-54(56(59)52-57)53(49-46-43-40-37-34-31-27-24-21-18-15-12-9-6-3)55(58)51-48-45-42-39-36-33-29-26-23-20-17-14-11-8-5-2/h26,29,53-54,56,59H,4-25,27-28,30-52,57H2,1-3H3/b29-26-. The fourth-order valence-electron chi connectivity index (χ4n) is 9.49. The van der Waals surface area contributed by atoms with E-state index in [2.05, 4.69) is 32.9 Å². The van der Waals surface area contributed by atoms with Gasteiger partial charge in [0.05, 0.1) is 6.10 Å². The number of Topliss-reactive ketones (excluding diaryl/α,β-unsaturated/α-hetero) is 1. The maximum Gasteiger partial charge on any atom is 0.136 e. The highest BCUT2D eigenvalue weighted by Gasteiger charge is 2.31. The van der Waals surface area contributed by atoms with Gasteiger partial charge < -0.3 is 10.8 Å². The number of aliphatic hydroxyl groups is 1. The molecule has 3 unspecified atom stereocenters. The Morgan fingerprint density at radius 1 is 0.390 bits per heavy atom. The first-order valence-corrected chi connectivity index (χ1v) is 27.7. The lowest BCUT2D eigenvalue weighted by Crippen LogP contribution is -2.37. The Morgan fingerprint density at radius 3 is 0.983 bits per heavy atom. The van der Waals surface area contributed by atoms with E-state index < -0.39 is 6.10 Å². The van der Waals surface area contributed by atoms with Crippen LogP contribution in [0.2, 0.25) is 0 Å². The molecule has 3 N–H and O–H groups in total. The molecule has 352 valence electrons. The molecular formula is C56H111NO2. The first kappa shape index (κ1) is 58.3. The summed E-state index contributed by atoms with van der Waals surface area (Å²) in [5.41, 5.74) is 6.12. The highest BCUT2D eigenvalue weighted by molar-refractivity contribution is 5.81. The van der Waals surface area contributed by atoms with Gasteiger partial charge in [-0.25, -0.2) is 0 Å². The molecule has 0 rings (SSSR count). The van der Waals surface area contributed by atoms with Crippen LogP contribution in [0.25, 0.3) is 0 Å². The third kappa shape index (κ3) is 42.4. The molecule has 0 aromatic carbocycles. The minimum absolute atomic E-state index is 0.0148. The van der Waals surface area contributed by atoms with Gasteiger partial charge in [-0.1, -0.05) is 277 Å². The van der Waals surface area contributed by atoms with Crippen molar-refractivity contribution in [2.45, 2.75) is 322 Å². The van der Waals surface area contributed by atoms with Crippen LogP contribution in [0.5, 0.6) is 0 Å². The predicted molar refractivity (Wildman–Crippen MR) is 266 cm³/mol. The van der Waals surface area contributed by atoms with Crippen LogP contribution in [0.4, 0.5) is 0 Å². The van der Waals surface area contributed by atoms with Gasteiger partial charge in [0.1, 0.15) is 5.78 Å². The summed E-state index contributed by atoms with van der Waals surface area (Å²) in [6.07, 6.45) is 64.3. The van der Waals surface area contributed by atoms with Crippen LogP contribution >= 0.6 is 0 Å². The number of carbonyl (C=O) groups is 1. The summed E-state index contributed by atoms with van der Waals surface area (Å²) < 4.78 is 0. The number of ketones is 1. The van der Waals surface area contributed by atoms with Crippen LogP contribution in [0.1, 0.15) is 316 Å². The van der Waals surface area contributed by atoms with E-state index in [9.17, 15) is 9.90 Å². The molecule has 0 radical (unpaired) electrons. The number of carbonyl (C=O) groups excluding carboxylic acids is 1. The van der Waals surface area contributed by atoms with Crippen LogP contribution < -0.4 is 5.73 Å². The predicted octanol–water partition coefficient (Wildman–Crippen LogP) is 18.7. The fourth-order valence-corrected chi connectivity index (χ4v) is 9.49. The van der Waals surface area contributed by atoms with Crippen molar-refractivity contribution in [2.24, 2.45) is 17.6 Å². The first-order valence-electron chi connectivity index (χ1n) is 27.7. The summed E-state index contributed by atoms with van der Waals surface area (Å²) >= 11 is 0. The summed E-state index contributed by atoms with van der Waals surface area (Å²) in [4.78, 5) is 13.9. The van der Waals surface area contributed by atoms with E-state index >= 15 is 0 Å². The average molecular weight is 831 g/mol. The van der Waals surface area contributed by atoms with Gasteiger partial charge in [-0.15, -0.1) is 0 Å². The molecule has 0 amide bonds. The van der Waals surface area contributed by atoms with Crippen LogP contribution in [0, 0.1) is 11.8 Å². The smallest absolute Gasteiger partial charge is 0.136 e. The molecule has 0 saturated heterocycles. The highest BCUT2D eigenvalue weighted by atomic mass is 16.3.